The fourth-order valence-corrected chi connectivity index (χ4v) is 5.79. The molecule has 6 unspecified atom stereocenters. The third-order valence-electron chi connectivity index (χ3n) is 4.56. The van der Waals surface area contributed by atoms with Gasteiger partial charge >= 0.3 is 0 Å². The minimum absolute atomic E-state index is 0.0449. The first-order valence-electron chi connectivity index (χ1n) is 8.74. The molecule has 0 aliphatic carbocycles. The maximum atomic E-state index is 13.1. The molecule has 9 nitrogen and oxygen atoms in total. The van der Waals surface area contributed by atoms with Gasteiger partial charge in [0.15, 0.2) is 0 Å². The average Bonchev–Trinajstić information content (AvgIpc) is 2.59. The monoisotopic (exact) mass is 420 g/mol. The smallest absolute Gasteiger partial charge is 0.269 e. The summed E-state index contributed by atoms with van der Waals surface area (Å²) in [6, 6.07) is -1.20. The Morgan fingerprint density at radius 3 is 1.85 bits per heavy atom. The van der Waals surface area contributed by atoms with Crippen LogP contribution in [-0.2, 0) is 32.4 Å². The van der Waals surface area contributed by atoms with Gasteiger partial charge in [0.25, 0.3) is 15.0 Å². The van der Waals surface area contributed by atoms with Gasteiger partial charge in [-0.2, -0.15) is 0 Å². The van der Waals surface area contributed by atoms with Gasteiger partial charge < -0.3 is 23.3 Å². The van der Waals surface area contributed by atoms with E-state index in [0.717, 1.165) is 0 Å². The lowest BCUT2D eigenvalue weighted by Gasteiger charge is -2.41. The Morgan fingerprint density at radius 1 is 0.889 bits per heavy atom. The summed E-state index contributed by atoms with van der Waals surface area (Å²) in [7, 11) is 8.66. The fourth-order valence-electron chi connectivity index (χ4n) is 3.08. The van der Waals surface area contributed by atoms with Gasteiger partial charge in [0, 0.05) is 65.7 Å². The molecule has 152 valence electrons. The van der Waals surface area contributed by atoms with Crippen LogP contribution in [0.15, 0.2) is 0 Å². The van der Waals surface area contributed by atoms with Crippen LogP contribution in [-0.4, -0.2) is 116 Å². The van der Waals surface area contributed by atoms with Crippen LogP contribution in [0.4, 0.5) is 0 Å². The van der Waals surface area contributed by atoms with Crippen molar-refractivity contribution in [2.45, 2.75) is 24.2 Å². The maximum Gasteiger partial charge on any atom is 0.269 e. The van der Waals surface area contributed by atoms with E-state index < -0.39 is 33.1 Å². The molecule has 0 aromatic rings. The van der Waals surface area contributed by atoms with E-state index in [0.29, 0.717) is 32.8 Å². The summed E-state index contributed by atoms with van der Waals surface area (Å²) in [5.41, 5.74) is 0. The molecule has 0 aromatic carbocycles. The molecule has 2 rings (SSSR count). The summed E-state index contributed by atoms with van der Waals surface area (Å²) in [6.07, 6.45) is -0.756. The summed E-state index contributed by atoms with van der Waals surface area (Å²) >= 11 is 0. The summed E-state index contributed by atoms with van der Waals surface area (Å²) in [5, 5.41) is 0. The van der Waals surface area contributed by atoms with Crippen molar-refractivity contribution in [2.75, 3.05) is 66.9 Å². The van der Waals surface area contributed by atoms with Gasteiger partial charge in [-0.15, -0.1) is 0 Å². The molecule has 0 spiro atoms. The quantitative estimate of drug-likeness (QED) is 0.408. The lowest BCUT2D eigenvalue weighted by Crippen LogP contribution is -2.49. The third kappa shape index (κ3) is 6.66. The molecule has 0 saturated carbocycles. The number of hydrogen-bond acceptors (Lipinski definition) is 7. The number of nitrogens with zero attached hydrogens (tertiary/aromatic N) is 2. The molecule has 2 saturated heterocycles. The second kappa shape index (κ2) is 9.88. The SMILES string of the molecule is [B]C1CN(P(C)(=O)OC)CC(COP(C)(=O)N2CC([B])OC(COC)C2)O1. The Morgan fingerprint density at radius 2 is 1.37 bits per heavy atom. The van der Waals surface area contributed by atoms with Gasteiger partial charge in [-0.1, -0.05) is 0 Å². The van der Waals surface area contributed by atoms with Crippen molar-refractivity contribution >= 4 is 30.7 Å². The van der Waals surface area contributed by atoms with Crippen molar-refractivity contribution in [1.82, 2.24) is 9.34 Å². The highest BCUT2D eigenvalue weighted by Crippen LogP contribution is 2.50. The predicted molar refractivity (Wildman–Crippen MR) is 104 cm³/mol. The van der Waals surface area contributed by atoms with Crippen molar-refractivity contribution in [3.05, 3.63) is 0 Å². The molecule has 0 amide bonds. The second-order valence-electron chi connectivity index (χ2n) is 6.88. The molecule has 13 heteroatoms. The summed E-state index contributed by atoms with van der Waals surface area (Å²) < 4.78 is 56.0. The number of hydrogen-bond donors (Lipinski definition) is 0. The van der Waals surface area contributed by atoms with Crippen LogP contribution in [0.1, 0.15) is 0 Å². The highest BCUT2D eigenvalue weighted by molar-refractivity contribution is 7.55. The largest absolute Gasteiger partial charge is 0.382 e. The van der Waals surface area contributed by atoms with E-state index in [9.17, 15) is 9.13 Å². The van der Waals surface area contributed by atoms with Crippen molar-refractivity contribution in [3.63, 3.8) is 0 Å². The van der Waals surface area contributed by atoms with E-state index in [4.69, 9.17) is 39.0 Å². The van der Waals surface area contributed by atoms with E-state index in [-0.39, 0.29) is 12.7 Å². The zero-order chi connectivity index (χ0) is 20.2. The predicted octanol–water partition coefficient (Wildman–Crippen LogP) is 0.332. The first-order chi connectivity index (χ1) is 12.6. The molecule has 2 aliphatic heterocycles. The first kappa shape index (κ1) is 23.6. The third-order valence-corrected chi connectivity index (χ3v) is 8.58. The zero-order valence-corrected chi connectivity index (χ0v) is 18.1. The summed E-state index contributed by atoms with van der Waals surface area (Å²) in [6.45, 7) is 4.74. The van der Waals surface area contributed by atoms with Gasteiger partial charge in [-0.25, -0.2) is 9.34 Å². The van der Waals surface area contributed by atoms with Crippen LogP contribution in [0.3, 0.4) is 0 Å². The molecular weight excluding hydrogens is 392 g/mol. The zero-order valence-electron chi connectivity index (χ0n) is 16.4. The van der Waals surface area contributed by atoms with Crippen LogP contribution in [0, 0.1) is 0 Å². The Balaban J connectivity index is 1.95. The maximum absolute atomic E-state index is 13.1. The Labute approximate surface area is 164 Å². The van der Waals surface area contributed by atoms with Crippen LogP contribution < -0.4 is 0 Å². The van der Waals surface area contributed by atoms with Crippen molar-refractivity contribution in [2.24, 2.45) is 0 Å². The van der Waals surface area contributed by atoms with Crippen LogP contribution >= 0.6 is 15.0 Å². The van der Waals surface area contributed by atoms with Crippen LogP contribution in [0.25, 0.3) is 0 Å². The fraction of sp³-hybridized carbons (Fsp3) is 1.00. The van der Waals surface area contributed by atoms with E-state index >= 15 is 0 Å². The van der Waals surface area contributed by atoms with E-state index in [2.05, 4.69) is 0 Å². The Kier molecular flexibility index (Phi) is 8.63. The van der Waals surface area contributed by atoms with Crippen LogP contribution in [0.5, 0.6) is 0 Å². The molecule has 2 fully saturated rings. The molecule has 2 heterocycles. The average molecular weight is 420 g/mol. The lowest BCUT2D eigenvalue weighted by atomic mass is 9.98. The Hall–Kier alpha value is 0.310. The van der Waals surface area contributed by atoms with Gasteiger partial charge in [-0.3, -0.25) is 9.13 Å². The molecule has 0 aromatic heterocycles. The summed E-state index contributed by atoms with van der Waals surface area (Å²) in [4.78, 5) is 0. The molecule has 0 N–H and O–H groups in total. The van der Waals surface area contributed by atoms with E-state index in [1.54, 1.807) is 16.5 Å². The highest BCUT2D eigenvalue weighted by Gasteiger charge is 2.38. The Bertz CT molecular complexity index is 588. The first-order valence-corrected chi connectivity index (χ1v) is 12.8. The van der Waals surface area contributed by atoms with Gasteiger partial charge in [0.1, 0.15) is 15.7 Å². The number of methoxy groups -OCH3 is 1. The normalized spacial score (nSPS) is 35.4. The minimum Gasteiger partial charge on any atom is -0.382 e. The minimum atomic E-state index is -3.14. The van der Waals surface area contributed by atoms with Crippen molar-refractivity contribution < 1.29 is 32.4 Å². The van der Waals surface area contributed by atoms with E-state index in [1.807, 2.05) is 0 Å². The van der Waals surface area contributed by atoms with Gasteiger partial charge in [-0.05, 0) is 0 Å². The van der Waals surface area contributed by atoms with Crippen LogP contribution in [0.2, 0.25) is 0 Å². The molecule has 6 atom stereocenters. The lowest BCUT2D eigenvalue weighted by molar-refractivity contribution is -0.0663. The number of rotatable bonds is 8. The summed E-state index contributed by atoms with van der Waals surface area (Å²) in [5.74, 6) is 0. The topological polar surface area (TPSA) is 86.8 Å². The second-order valence-corrected chi connectivity index (χ2v) is 11.8. The number of morpholine rings is 2. The van der Waals surface area contributed by atoms with Gasteiger partial charge in [0.2, 0.25) is 0 Å². The van der Waals surface area contributed by atoms with E-state index in [1.165, 1.54) is 20.4 Å². The molecule has 0 bridgehead atoms. The molecule has 27 heavy (non-hydrogen) atoms. The molecular formula is C14H28B2N2O7P2. The number of ether oxygens (including phenoxy) is 3. The highest BCUT2D eigenvalue weighted by atomic mass is 31.2. The van der Waals surface area contributed by atoms with Gasteiger partial charge in [0.05, 0.1) is 25.4 Å². The standard InChI is InChI=1S/C14H28B2N2O7P2/c1-21-9-11-5-18(8-14(16)24-11)27(4,20)23-10-12-6-17(7-13(15)25-12)26(3,19)22-2/h11-14H,5-10H2,1-4H3. The molecule has 4 radical (unpaired) electrons. The molecule has 2 aliphatic rings. The van der Waals surface area contributed by atoms with Crippen molar-refractivity contribution in [3.8, 4) is 0 Å². The van der Waals surface area contributed by atoms with Crippen molar-refractivity contribution in [1.29, 1.82) is 0 Å².